The number of aryl methyl sites for hydroxylation is 1. The first kappa shape index (κ1) is 13.9. The van der Waals surface area contributed by atoms with Gasteiger partial charge in [-0.1, -0.05) is 44.4 Å². The number of carbonyl (C=O) groups is 1. The molecule has 1 aliphatic rings. The summed E-state index contributed by atoms with van der Waals surface area (Å²) in [6, 6.07) is 8.56. The van der Waals surface area contributed by atoms with Crippen LogP contribution in [0.2, 0.25) is 0 Å². The standard InChI is InChI=1S/C16H24N2O/c1-2-13-8-6-7-11-15(13)17-12-16(19)18-14-9-4-3-5-10-14/h6-8,11,14,17H,2-5,9-10,12H2,1H3,(H,18,19). The highest BCUT2D eigenvalue weighted by atomic mass is 16.1. The van der Waals surface area contributed by atoms with Gasteiger partial charge >= 0.3 is 0 Å². The third-order valence-corrected chi connectivity index (χ3v) is 3.81. The van der Waals surface area contributed by atoms with E-state index in [2.05, 4.69) is 23.6 Å². The van der Waals surface area contributed by atoms with Crippen LogP contribution in [0.15, 0.2) is 24.3 Å². The number of carbonyl (C=O) groups excluding carboxylic acids is 1. The summed E-state index contributed by atoms with van der Waals surface area (Å²) in [5.41, 5.74) is 2.33. The summed E-state index contributed by atoms with van der Waals surface area (Å²) in [4.78, 5) is 11.9. The highest BCUT2D eigenvalue weighted by Crippen LogP contribution is 2.17. The Hall–Kier alpha value is -1.51. The third-order valence-electron chi connectivity index (χ3n) is 3.81. The van der Waals surface area contributed by atoms with Gasteiger partial charge in [-0.05, 0) is 30.9 Å². The molecule has 1 aliphatic carbocycles. The van der Waals surface area contributed by atoms with Gasteiger partial charge in [0, 0.05) is 11.7 Å². The Labute approximate surface area is 115 Å². The van der Waals surface area contributed by atoms with Gasteiger partial charge in [0.15, 0.2) is 0 Å². The van der Waals surface area contributed by atoms with Crippen LogP contribution in [0.5, 0.6) is 0 Å². The van der Waals surface area contributed by atoms with E-state index in [4.69, 9.17) is 0 Å². The van der Waals surface area contributed by atoms with E-state index in [1.165, 1.54) is 24.8 Å². The lowest BCUT2D eigenvalue weighted by molar-refractivity contribution is -0.120. The van der Waals surface area contributed by atoms with Gasteiger partial charge in [-0.15, -0.1) is 0 Å². The number of para-hydroxylation sites is 1. The van der Waals surface area contributed by atoms with Gasteiger partial charge in [-0.3, -0.25) is 4.79 Å². The highest BCUT2D eigenvalue weighted by molar-refractivity contribution is 5.81. The van der Waals surface area contributed by atoms with E-state index in [9.17, 15) is 4.79 Å². The monoisotopic (exact) mass is 260 g/mol. The maximum atomic E-state index is 11.9. The summed E-state index contributed by atoms with van der Waals surface area (Å²) < 4.78 is 0. The normalized spacial score (nSPS) is 16.1. The van der Waals surface area contributed by atoms with E-state index in [1.807, 2.05) is 18.2 Å². The van der Waals surface area contributed by atoms with Gasteiger partial charge in [0.1, 0.15) is 0 Å². The molecule has 1 saturated carbocycles. The molecule has 0 atom stereocenters. The van der Waals surface area contributed by atoms with E-state index in [0.717, 1.165) is 24.9 Å². The second-order valence-electron chi connectivity index (χ2n) is 5.27. The SMILES string of the molecule is CCc1ccccc1NCC(=O)NC1CCCCC1. The topological polar surface area (TPSA) is 41.1 Å². The molecule has 0 spiro atoms. The van der Waals surface area contributed by atoms with Crippen molar-refractivity contribution in [3.63, 3.8) is 0 Å². The summed E-state index contributed by atoms with van der Waals surface area (Å²) in [7, 11) is 0. The maximum Gasteiger partial charge on any atom is 0.239 e. The number of amides is 1. The number of nitrogens with one attached hydrogen (secondary N) is 2. The number of hydrogen-bond acceptors (Lipinski definition) is 2. The van der Waals surface area contributed by atoms with Gasteiger partial charge < -0.3 is 10.6 Å². The molecule has 0 saturated heterocycles. The predicted octanol–water partition coefficient (Wildman–Crippen LogP) is 3.11. The van der Waals surface area contributed by atoms with Crippen LogP contribution in [0.25, 0.3) is 0 Å². The van der Waals surface area contributed by atoms with E-state index < -0.39 is 0 Å². The van der Waals surface area contributed by atoms with Crippen LogP contribution in [-0.4, -0.2) is 18.5 Å². The summed E-state index contributed by atoms with van der Waals surface area (Å²) in [5.74, 6) is 0.109. The summed E-state index contributed by atoms with van der Waals surface area (Å²) in [6.45, 7) is 2.50. The lowest BCUT2D eigenvalue weighted by atomic mass is 9.95. The lowest BCUT2D eigenvalue weighted by Crippen LogP contribution is -2.39. The zero-order valence-electron chi connectivity index (χ0n) is 11.7. The molecular weight excluding hydrogens is 236 g/mol. The van der Waals surface area contributed by atoms with E-state index in [1.54, 1.807) is 0 Å². The van der Waals surface area contributed by atoms with Crippen molar-refractivity contribution < 1.29 is 4.79 Å². The van der Waals surface area contributed by atoms with Gasteiger partial charge in [0.2, 0.25) is 5.91 Å². The largest absolute Gasteiger partial charge is 0.376 e. The lowest BCUT2D eigenvalue weighted by Gasteiger charge is -2.23. The fourth-order valence-corrected chi connectivity index (χ4v) is 2.70. The Morgan fingerprint density at radius 3 is 2.68 bits per heavy atom. The second kappa shape index (κ2) is 7.17. The minimum Gasteiger partial charge on any atom is -0.376 e. The molecular formula is C16H24N2O. The molecule has 104 valence electrons. The minimum absolute atomic E-state index is 0.109. The van der Waals surface area contributed by atoms with Crippen LogP contribution < -0.4 is 10.6 Å². The Morgan fingerprint density at radius 1 is 1.21 bits per heavy atom. The average molecular weight is 260 g/mol. The molecule has 1 aromatic carbocycles. The van der Waals surface area contributed by atoms with Crippen molar-refractivity contribution in [2.75, 3.05) is 11.9 Å². The van der Waals surface area contributed by atoms with Crippen LogP contribution in [0, 0.1) is 0 Å². The molecule has 0 unspecified atom stereocenters. The molecule has 1 fully saturated rings. The zero-order chi connectivity index (χ0) is 13.5. The van der Waals surface area contributed by atoms with Crippen molar-refractivity contribution in [1.82, 2.24) is 5.32 Å². The van der Waals surface area contributed by atoms with Crippen molar-refractivity contribution >= 4 is 11.6 Å². The Balaban J connectivity index is 1.79. The first-order valence-corrected chi connectivity index (χ1v) is 7.40. The highest BCUT2D eigenvalue weighted by Gasteiger charge is 2.15. The molecule has 1 aromatic rings. The molecule has 0 heterocycles. The third kappa shape index (κ3) is 4.27. The van der Waals surface area contributed by atoms with Gasteiger partial charge in [-0.2, -0.15) is 0 Å². The number of rotatable bonds is 5. The van der Waals surface area contributed by atoms with Crippen LogP contribution in [-0.2, 0) is 11.2 Å². The van der Waals surface area contributed by atoms with Gasteiger partial charge in [0.25, 0.3) is 0 Å². The zero-order valence-corrected chi connectivity index (χ0v) is 11.7. The summed E-state index contributed by atoms with van der Waals surface area (Å²) in [6.07, 6.45) is 7.06. The molecule has 3 heteroatoms. The molecule has 3 nitrogen and oxygen atoms in total. The molecule has 19 heavy (non-hydrogen) atoms. The summed E-state index contributed by atoms with van der Waals surface area (Å²) >= 11 is 0. The number of benzene rings is 1. The molecule has 0 aliphatic heterocycles. The first-order valence-electron chi connectivity index (χ1n) is 7.40. The van der Waals surface area contributed by atoms with Crippen LogP contribution >= 0.6 is 0 Å². The van der Waals surface area contributed by atoms with E-state index in [0.29, 0.717) is 12.6 Å². The maximum absolute atomic E-state index is 11.9. The van der Waals surface area contributed by atoms with Crippen molar-refractivity contribution in [3.05, 3.63) is 29.8 Å². The molecule has 0 aromatic heterocycles. The van der Waals surface area contributed by atoms with E-state index in [-0.39, 0.29) is 5.91 Å². The minimum atomic E-state index is 0.109. The average Bonchev–Trinajstić information content (AvgIpc) is 2.46. The fourth-order valence-electron chi connectivity index (χ4n) is 2.70. The predicted molar refractivity (Wildman–Crippen MR) is 79.3 cm³/mol. The Morgan fingerprint density at radius 2 is 1.95 bits per heavy atom. The van der Waals surface area contributed by atoms with Crippen LogP contribution in [0.1, 0.15) is 44.6 Å². The quantitative estimate of drug-likeness (QED) is 0.854. The Bertz CT molecular complexity index is 411. The molecule has 2 rings (SSSR count). The number of hydrogen-bond donors (Lipinski definition) is 2. The molecule has 1 amide bonds. The molecule has 2 N–H and O–H groups in total. The van der Waals surface area contributed by atoms with Crippen molar-refractivity contribution in [2.24, 2.45) is 0 Å². The Kier molecular flexibility index (Phi) is 5.25. The number of anilines is 1. The van der Waals surface area contributed by atoms with Crippen LogP contribution in [0.4, 0.5) is 5.69 Å². The van der Waals surface area contributed by atoms with Gasteiger partial charge in [-0.25, -0.2) is 0 Å². The van der Waals surface area contributed by atoms with E-state index >= 15 is 0 Å². The molecule has 0 radical (unpaired) electrons. The van der Waals surface area contributed by atoms with Crippen molar-refractivity contribution in [3.8, 4) is 0 Å². The van der Waals surface area contributed by atoms with Crippen molar-refractivity contribution in [1.29, 1.82) is 0 Å². The summed E-state index contributed by atoms with van der Waals surface area (Å²) in [5, 5.41) is 6.37. The first-order chi connectivity index (χ1) is 9.29. The smallest absolute Gasteiger partial charge is 0.239 e. The van der Waals surface area contributed by atoms with Crippen molar-refractivity contribution in [2.45, 2.75) is 51.5 Å². The fraction of sp³-hybridized carbons (Fsp3) is 0.562. The molecule has 0 bridgehead atoms. The second-order valence-corrected chi connectivity index (χ2v) is 5.27. The van der Waals surface area contributed by atoms with Gasteiger partial charge in [0.05, 0.1) is 6.54 Å². The van der Waals surface area contributed by atoms with Crippen LogP contribution in [0.3, 0.4) is 0 Å².